The van der Waals surface area contributed by atoms with Crippen LogP contribution in [0.1, 0.15) is 19.3 Å². The predicted molar refractivity (Wildman–Crippen MR) is 53.2 cm³/mol. The van der Waals surface area contributed by atoms with E-state index in [2.05, 4.69) is 14.8 Å². The van der Waals surface area contributed by atoms with Crippen LogP contribution in [-0.2, 0) is 19.1 Å². The van der Waals surface area contributed by atoms with Gasteiger partial charge in [-0.1, -0.05) is 12.8 Å². The molecule has 86 valence electrons. The molecule has 0 unspecified atom stereocenters. The summed E-state index contributed by atoms with van der Waals surface area (Å²) in [6, 6.07) is -0.523. The summed E-state index contributed by atoms with van der Waals surface area (Å²) in [5.41, 5.74) is 0. The lowest BCUT2D eigenvalue weighted by molar-refractivity contribution is -0.145. The van der Waals surface area contributed by atoms with Crippen LogP contribution in [0.4, 0.5) is 0 Å². The second kappa shape index (κ2) is 5.70. The molecule has 1 N–H and O–H groups in total. The van der Waals surface area contributed by atoms with E-state index in [1.165, 1.54) is 14.2 Å². The minimum Gasteiger partial charge on any atom is -0.467 e. The van der Waals surface area contributed by atoms with E-state index >= 15 is 0 Å². The van der Waals surface area contributed by atoms with Crippen molar-refractivity contribution in [1.29, 1.82) is 0 Å². The van der Waals surface area contributed by atoms with Crippen molar-refractivity contribution in [3.8, 4) is 0 Å². The fourth-order valence-electron chi connectivity index (χ4n) is 1.41. The molecule has 0 aromatic carbocycles. The standard InChI is InChI=1S/C10H17NO4/c1-14-6-9(12)11-8(10(13)15-2)5-7-3-4-7/h7-8H,3-6H2,1-2H3,(H,11,12)/t8-/m1/s1. The van der Waals surface area contributed by atoms with Gasteiger partial charge in [0.1, 0.15) is 12.6 Å². The van der Waals surface area contributed by atoms with Crippen LogP contribution in [0.5, 0.6) is 0 Å². The summed E-state index contributed by atoms with van der Waals surface area (Å²) < 4.78 is 9.30. The Hall–Kier alpha value is -1.10. The first-order valence-electron chi connectivity index (χ1n) is 5.03. The van der Waals surface area contributed by atoms with E-state index in [0.717, 1.165) is 12.8 Å². The molecule has 0 aromatic heterocycles. The number of esters is 1. The number of carbonyl (C=O) groups is 2. The summed E-state index contributed by atoms with van der Waals surface area (Å²) in [5.74, 6) is -0.114. The molecule has 0 bridgehead atoms. The zero-order chi connectivity index (χ0) is 11.3. The maximum atomic E-state index is 11.3. The minimum absolute atomic E-state index is 0.0296. The Morgan fingerprint density at radius 3 is 2.53 bits per heavy atom. The number of rotatable bonds is 6. The first kappa shape index (κ1) is 12.0. The van der Waals surface area contributed by atoms with Crippen LogP contribution in [0.25, 0.3) is 0 Å². The molecule has 0 radical (unpaired) electrons. The molecule has 5 heteroatoms. The summed E-state index contributed by atoms with van der Waals surface area (Å²) in [6.45, 7) is -0.0296. The topological polar surface area (TPSA) is 64.6 Å². The SMILES string of the molecule is COCC(=O)N[C@H](CC1CC1)C(=O)OC. The lowest BCUT2D eigenvalue weighted by Gasteiger charge is -2.15. The van der Waals surface area contributed by atoms with E-state index in [1.54, 1.807) is 0 Å². The quantitative estimate of drug-likeness (QED) is 0.638. The summed E-state index contributed by atoms with van der Waals surface area (Å²) in [7, 11) is 2.76. The second-order valence-corrected chi connectivity index (χ2v) is 3.76. The van der Waals surface area contributed by atoms with Gasteiger partial charge in [-0.25, -0.2) is 4.79 Å². The van der Waals surface area contributed by atoms with Gasteiger partial charge in [-0.05, 0) is 12.3 Å². The molecule has 1 saturated carbocycles. The highest BCUT2D eigenvalue weighted by molar-refractivity contribution is 5.85. The molecule has 1 fully saturated rings. The Morgan fingerprint density at radius 1 is 1.40 bits per heavy atom. The van der Waals surface area contributed by atoms with Crippen LogP contribution in [0, 0.1) is 5.92 Å². The summed E-state index contributed by atoms with van der Waals surface area (Å²) in [6.07, 6.45) is 2.93. The maximum absolute atomic E-state index is 11.3. The lowest BCUT2D eigenvalue weighted by Crippen LogP contribution is -2.43. The summed E-state index contributed by atoms with van der Waals surface area (Å²) in [4.78, 5) is 22.6. The van der Waals surface area contributed by atoms with Gasteiger partial charge in [-0.15, -0.1) is 0 Å². The first-order valence-corrected chi connectivity index (χ1v) is 5.03. The van der Waals surface area contributed by atoms with Gasteiger partial charge in [0, 0.05) is 7.11 Å². The average Bonchev–Trinajstić information content (AvgIpc) is 3.00. The number of carbonyl (C=O) groups excluding carboxylic acids is 2. The highest BCUT2D eigenvalue weighted by Crippen LogP contribution is 2.33. The third kappa shape index (κ3) is 4.29. The van der Waals surface area contributed by atoms with E-state index in [9.17, 15) is 9.59 Å². The molecule has 0 aliphatic heterocycles. The average molecular weight is 215 g/mol. The van der Waals surface area contributed by atoms with Gasteiger partial charge in [0.25, 0.3) is 0 Å². The number of hydrogen-bond acceptors (Lipinski definition) is 4. The van der Waals surface area contributed by atoms with E-state index in [0.29, 0.717) is 12.3 Å². The van der Waals surface area contributed by atoms with Gasteiger partial charge >= 0.3 is 5.97 Å². The van der Waals surface area contributed by atoms with Crippen LogP contribution < -0.4 is 5.32 Å². The van der Waals surface area contributed by atoms with E-state index in [4.69, 9.17) is 0 Å². The molecule has 0 aromatic rings. The van der Waals surface area contributed by atoms with Crippen molar-refractivity contribution >= 4 is 11.9 Å². The molecule has 0 spiro atoms. The molecule has 1 aliphatic rings. The molecule has 1 aliphatic carbocycles. The zero-order valence-electron chi connectivity index (χ0n) is 9.12. The van der Waals surface area contributed by atoms with Gasteiger partial charge in [0.15, 0.2) is 0 Å². The number of amides is 1. The van der Waals surface area contributed by atoms with Crippen LogP contribution in [0.2, 0.25) is 0 Å². The van der Waals surface area contributed by atoms with E-state index in [1.807, 2.05) is 0 Å². The number of nitrogens with one attached hydrogen (secondary N) is 1. The monoisotopic (exact) mass is 215 g/mol. The number of methoxy groups -OCH3 is 2. The number of ether oxygens (including phenoxy) is 2. The fraction of sp³-hybridized carbons (Fsp3) is 0.800. The molecule has 0 heterocycles. The zero-order valence-corrected chi connectivity index (χ0v) is 9.12. The summed E-state index contributed by atoms with van der Waals surface area (Å²) >= 11 is 0. The van der Waals surface area contributed by atoms with Crippen molar-refractivity contribution < 1.29 is 19.1 Å². The van der Waals surface area contributed by atoms with Gasteiger partial charge < -0.3 is 14.8 Å². The van der Waals surface area contributed by atoms with Gasteiger partial charge in [-0.2, -0.15) is 0 Å². The molecular formula is C10H17NO4. The van der Waals surface area contributed by atoms with Crippen molar-refractivity contribution in [1.82, 2.24) is 5.32 Å². The maximum Gasteiger partial charge on any atom is 0.328 e. The van der Waals surface area contributed by atoms with Crippen molar-refractivity contribution in [3.05, 3.63) is 0 Å². The predicted octanol–water partition coefficient (Wildman–Crippen LogP) is 0.0907. The molecular weight excluding hydrogens is 198 g/mol. The van der Waals surface area contributed by atoms with Crippen LogP contribution >= 0.6 is 0 Å². The summed E-state index contributed by atoms with van der Waals surface area (Å²) in [5, 5.41) is 2.60. The Morgan fingerprint density at radius 2 is 2.07 bits per heavy atom. The van der Waals surface area contributed by atoms with Gasteiger partial charge in [0.2, 0.25) is 5.91 Å². The van der Waals surface area contributed by atoms with Crippen molar-refractivity contribution in [2.75, 3.05) is 20.8 Å². The van der Waals surface area contributed by atoms with Crippen LogP contribution in [-0.4, -0.2) is 38.7 Å². The third-order valence-electron chi connectivity index (χ3n) is 2.36. The Balaban J connectivity index is 2.39. The largest absolute Gasteiger partial charge is 0.467 e. The molecule has 1 rings (SSSR count). The molecule has 1 amide bonds. The lowest BCUT2D eigenvalue weighted by atomic mass is 10.1. The van der Waals surface area contributed by atoms with Crippen molar-refractivity contribution in [2.45, 2.75) is 25.3 Å². The van der Waals surface area contributed by atoms with E-state index < -0.39 is 6.04 Å². The van der Waals surface area contributed by atoms with Gasteiger partial charge in [0.05, 0.1) is 7.11 Å². The van der Waals surface area contributed by atoms with Crippen LogP contribution in [0.3, 0.4) is 0 Å². The molecule has 0 saturated heterocycles. The number of hydrogen-bond donors (Lipinski definition) is 1. The third-order valence-corrected chi connectivity index (χ3v) is 2.36. The normalized spacial score (nSPS) is 16.9. The fourth-order valence-corrected chi connectivity index (χ4v) is 1.41. The smallest absolute Gasteiger partial charge is 0.328 e. The van der Waals surface area contributed by atoms with Crippen molar-refractivity contribution in [2.24, 2.45) is 5.92 Å². The molecule has 15 heavy (non-hydrogen) atoms. The minimum atomic E-state index is -0.523. The van der Waals surface area contributed by atoms with Crippen molar-refractivity contribution in [3.63, 3.8) is 0 Å². The molecule has 1 atom stereocenters. The van der Waals surface area contributed by atoms with Crippen LogP contribution in [0.15, 0.2) is 0 Å². The molecule has 5 nitrogen and oxygen atoms in total. The first-order chi connectivity index (χ1) is 7.17. The Bertz CT molecular complexity index is 238. The second-order valence-electron chi connectivity index (χ2n) is 3.76. The Kier molecular flexibility index (Phi) is 4.55. The van der Waals surface area contributed by atoms with E-state index in [-0.39, 0.29) is 18.5 Å². The van der Waals surface area contributed by atoms with Gasteiger partial charge in [-0.3, -0.25) is 4.79 Å². The Labute approximate surface area is 89.1 Å². The highest BCUT2D eigenvalue weighted by Gasteiger charge is 2.30. The highest BCUT2D eigenvalue weighted by atomic mass is 16.5.